The number of ether oxygens (including phenoxy) is 1. The molecule has 0 fully saturated rings. The zero-order valence-electron chi connectivity index (χ0n) is 14.7. The van der Waals surface area contributed by atoms with Crippen LogP contribution < -0.4 is 4.74 Å². The molecule has 0 aliphatic rings. The maximum atomic E-state index is 5.30. The van der Waals surface area contributed by atoms with Gasteiger partial charge in [0, 0.05) is 0 Å². The highest BCUT2D eigenvalue weighted by Crippen LogP contribution is 2.21. The number of hydrogen-bond acceptors (Lipinski definition) is 1. The van der Waals surface area contributed by atoms with E-state index in [1.54, 1.807) is 7.11 Å². The van der Waals surface area contributed by atoms with E-state index in [9.17, 15) is 0 Å². The number of benzene rings is 2. The van der Waals surface area contributed by atoms with Crippen LogP contribution in [0.1, 0.15) is 44.4 Å². The number of methoxy groups -OCH3 is 1. The topological polar surface area (TPSA) is 9.23 Å². The summed E-state index contributed by atoms with van der Waals surface area (Å²) in [5.41, 5.74) is 3.94. The zero-order chi connectivity index (χ0) is 16.8. The second-order valence-corrected chi connectivity index (χ2v) is 4.29. The van der Waals surface area contributed by atoms with Gasteiger partial charge in [-0.05, 0) is 41.7 Å². The van der Waals surface area contributed by atoms with Crippen LogP contribution in [0, 0.1) is 0 Å². The fourth-order valence-electron chi connectivity index (χ4n) is 2.06. The minimum absolute atomic E-state index is 0.895. The smallest absolute Gasteiger partial charge is 0.119 e. The van der Waals surface area contributed by atoms with Crippen molar-refractivity contribution < 1.29 is 4.74 Å². The summed E-state index contributed by atoms with van der Waals surface area (Å²) < 4.78 is 5.30. The quantitative estimate of drug-likeness (QED) is 0.609. The van der Waals surface area contributed by atoms with Crippen LogP contribution in [-0.2, 0) is 12.8 Å². The number of hydrogen-bond donors (Lipinski definition) is 0. The van der Waals surface area contributed by atoms with Crippen LogP contribution in [0.4, 0.5) is 0 Å². The van der Waals surface area contributed by atoms with E-state index in [0.717, 1.165) is 18.6 Å². The van der Waals surface area contributed by atoms with E-state index in [-0.39, 0.29) is 0 Å². The first-order valence-corrected chi connectivity index (χ1v) is 8.14. The van der Waals surface area contributed by atoms with Gasteiger partial charge in [-0.1, -0.05) is 70.2 Å². The first-order valence-electron chi connectivity index (χ1n) is 8.14. The summed E-state index contributed by atoms with van der Waals surface area (Å²) in [6.07, 6.45) is 3.77. The Balaban J connectivity index is 0.00000102. The van der Waals surface area contributed by atoms with Crippen LogP contribution in [-0.4, -0.2) is 7.11 Å². The van der Waals surface area contributed by atoms with Crippen molar-refractivity contribution in [1.82, 2.24) is 0 Å². The Labute approximate surface area is 136 Å². The molecule has 0 spiro atoms. The molecule has 120 valence electrons. The molecule has 0 N–H and O–H groups in total. The molecule has 2 rings (SSSR count). The third-order valence-corrected chi connectivity index (χ3v) is 3.02. The van der Waals surface area contributed by atoms with Crippen LogP contribution in [0.15, 0.2) is 61.2 Å². The van der Waals surface area contributed by atoms with Gasteiger partial charge in [0.2, 0.25) is 0 Å². The van der Waals surface area contributed by atoms with Crippen LogP contribution in [0.3, 0.4) is 0 Å². The van der Waals surface area contributed by atoms with Gasteiger partial charge in [0.05, 0.1) is 7.11 Å². The fourth-order valence-corrected chi connectivity index (χ4v) is 2.06. The van der Waals surface area contributed by atoms with Gasteiger partial charge in [-0.15, -0.1) is 6.58 Å². The normalized spacial score (nSPS) is 8.77. The second kappa shape index (κ2) is 12.7. The predicted molar refractivity (Wildman–Crippen MR) is 98.8 cm³/mol. The van der Waals surface area contributed by atoms with E-state index >= 15 is 0 Å². The summed E-state index contributed by atoms with van der Waals surface area (Å²) in [6, 6.07) is 16.7. The van der Waals surface area contributed by atoms with Gasteiger partial charge in [-0.3, -0.25) is 0 Å². The van der Waals surface area contributed by atoms with Gasteiger partial charge in [-0.2, -0.15) is 0 Å². The highest BCUT2D eigenvalue weighted by atomic mass is 16.5. The first kappa shape index (κ1) is 20.0. The lowest BCUT2D eigenvalue weighted by atomic mass is 9.97. The Morgan fingerprint density at radius 2 is 1.55 bits per heavy atom. The monoisotopic (exact) mass is 298 g/mol. The summed E-state index contributed by atoms with van der Waals surface area (Å²) in [4.78, 5) is 0. The van der Waals surface area contributed by atoms with Gasteiger partial charge in [-0.25, -0.2) is 0 Å². The molecule has 0 bridgehead atoms. The standard InChI is InChI=1S/C17H18O.2C2H6/c1-3-7-15-10-11-17(18-2)13-16(15)12-14-8-5-4-6-9-14;2*1-2/h3-6,8-11,13H,1,7,12H2,2H3;2*1-2H3. The molecule has 0 aliphatic heterocycles. The first-order chi connectivity index (χ1) is 10.8. The van der Waals surface area contributed by atoms with E-state index in [1.165, 1.54) is 16.7 Å². The summed E-state index contributed by atoms with van der Waals surface area (Å²) in [6.45, 7) is 11.8. The average molecular weight is 298 g/mol. The molecule has 22 heavy (non-hydrogen) atoms. The molecule has 1 nitrogen and oxygen atoms in total. The summed E-state index contributed by atoms with van der Waals surface area (Å²) in [7, 11) is 1.70. The molecule has 0 heterocycles. The minimum Gasteiger partial charge on any atom is -0.497 e. The van der Waals surface area contributed by atoms with Crippen molar-refractivity contribution in [2.75, 3.05) is 7.11 Å². The molecule has 0 atom stereocenters. The Bertz CT molecular complexity index is 515. The van der Waals surface area contributed by atoms with E-state index < -0.39 is 0 Å². The molecular formula is C21H30O. The van der Waals surface area contributed by atoms with Crippen molar-refractivity contribution in [3.05, 3.63) is 77.9 Å². The molecule has 0 radical (unpaired) electrons. The van der Waals surface area contributed by atoms with Crippen molar-refractivity contribution >= 4 is 0 Å². The molecule has 0 unspecified atom stereocenters. The largest absolute Gasteiger partial charge is 0.497 e. The Morgan fingerprint density at radius 3 is 2.09 bits per heavy atom. The minimum atomic E-state index is 0.895. The van der Waals surface area contributed by atoms with E-state index in [4.69, 9.17) is 4.74 Å². The lowest BCUT2D eigenvalue weighted by molar-refractivity contribution is 0.414. The predicted octanol–water partition coefficient (Wildman–Crippen LogP) is 6.07. The van der Waals surface area contributed by atoms with E-state index in [1.807, 2.05) is 45.9 Å². The maximum Gasteiger partial charge on any atom is 0.119 e. The van der Waals surface area contributed by atoms with Crippen LogP contribution >= 0.6 is 0 Å². The van der Waals surface area contributed by atoms with Crippen molar-refractivity contribution in [2.45, 2.75) is 40.5 Å². The zero-order valence-corrected chi connectivity index (χ0v) is 14.7. The van der Waals surface area contributed by atoms with Gasteiger partial charge in [0.15, 0.2) is 0 Å². The molecule has 0 saturated carbocycles. The van der Waals surface area contributed by atoms with E-state index in [2.05, 4.69) is 43.0 Å². The van der Waals surface area contributed by atoms with Crippen LogP contribution in [0.5, 0.6) is 5.75 Å². The van der Waals surface area contributed by atoms with Crippen molar-refractivity contribution in [3.8, 4) is 5.75 Å². The van der Waals surface area contributed by atoms with Gasteiger partial charge in [0.25, 0.3) is 0 Å². The van der Waals surface area contributed by atoms with Crippen molar-refractivity contribution in [1.29, 1.82) is 0 Å². The van der Waals surface area contributed by atoms with Crippen molar-refractivity contribution in [3.63, 3.8) is 0 Å². The van der Waals surface area contributed by atoms with Gasteiger partial charge < -0.3 is 4.74 Å². The van der Waals surface area contributed by atoms with Gasteiger partial charge >= 0.3 is 0 Å². The SMILES string of the molecule is C=CCc1ccc(OC)cc1Cc1ccccc1.CC.CC. The molecule has 0 saturated heterocycles. The Kier molecular flexibility index (Phi) is 11.5. The molecule has 1 heteroatoms. The molecule has 2 aromatic carbocycles. The molecule has 2 aromatic rings. The van der Waals surface area contributed by atoms with Crippen molar-refractivity contribution in [2.24, 2.45) is 0 Å². The number of rotatable bonds is 5. The highest BCUT2D eigenvalue weighted by molar-refractivity contribution is 5.39. The molecule has 0 amide bonds. The van der Waals surface area contributed by atoms with Crippen LogP contribution in [0.2, 0.25) is 0 Å². The van der Waals surface area contributed by atoms with Crippen LogP contribution in [0.25, 0.3) is 0 Å². The Morgan fingerprint density at radius 1 is 0.909 bits per heavy atom. The Hall–Kier alpha value is -2.02. The molecule has 0 aliphatic carbocycles. The average Bonchev–Trinajstić information content (AvgIpc) is 2.61. The summed E-state index contributed by atoms with van der Waals surface area (Å²) in [5, 5.41) is 0. The van der Waals surface area contributed by atoms with Gasteiger partial charge in [0.1, 0.15) is 5.75 Å². The van der Waals surface area contributed by atoms with E-state index in [0.29, 0.717) is 0 Å². The lowest BCUT2D eigenvalue weighted by Crippen LogP contribution is -1.96. The third-order valence-electron chi connectivity index (χ3n) is 3.02. The summed E-state index contributed by atoms with van der Waals surface area (Å²) >= 11 is 0. The summed E-state index contributed by atoms with van der Waals surface area (Å²) in [5.74, 6) is 0.911. The molecular weight excluding hydrogens is 268 g/mol. The second-order valence-electron chi connectivity index (χ2n) is 4.29. The number of allylic oxidation sites excluding steroid dienone is 1. The maximum absolute atomic E-state index is 5.30. The molecule has 0 aromatic heterocycles. The fraction of sp³-hybridized carbons (Fsp3) is 0.333. The highest BCUT2D eigenvalue weighted by Gasteiger charge is 2.04. The lowest BCUT2D eigenvalue weighted by Gasteiger charge is -2.10. The third kappa shape index (κ3) is 6.62.